The first-order valence-electron chi connectivity index (χ1n) is 8.93. The van der Waals surface area contributed by atoms with Crippen LogP contribution in [0, 0.1) is 16.0 Å². The largest absolute Gasteiger partial charge is 0.461 e. The Labute approximate surface area is 173 Å². The van der Waals surface area contributed by atoms with Crippen molar-refractivity contribution in [2.45, 2.75) is 24.3 Å². The molecule has 2 aromatic rings. The van der Waals surface area contributed by atoms with E-state index in [4.69, 9.17) is 16.3 Å². The van der Waals surface area contributed by atoms with Gasteiger partial charge in [0.25, 0.3) is 5.69 Å². The first kappa shape index (κ1) is 21.2. The van der Waals surface area contributed by atoms with Gasteiger partial charge in [0.05, 0.1) is 15.7 Å². The van der Waals surface area contributed by atoms with Gasteiger partial charge in [0.1, 0.15) is 6.61 Å². The fourth-order valence-corrected chi connectivity index (χ4v) is 4.67. The third kappa shape index (κ3) is 5.11. The van der Waals surface area contributed by atoms with Gasteiger partial charge in [-0.05, 0) is 54.8 Å². The quantitative estimate of drug-likeness (QED) is 0.388. The molecule has 1 fully saturated rings. The van der Waals surface area contributed by atoms with Crippen LogP contribution in [0.15, 0.2) is 53.4 Å². The van der Waals surface area contributed by atoms with Gasteiger partial charge in [-0.2, -0.15) is 4.31 Å². The van der Waals surface area contributed by atoms with Crippen LogP contribution >= 0.6 is 11.6 Å². The fourth-order valence-electron chi connectivity index (χ4n) is 3.07. The molecule has 1 saturated heterocycles. The zero-order valence-electron chi connectivity index (χ0n) is 15.4. The number of non-ortho nitro benzene ring substituents is 1. The van der Waals surface area contributed by atoms with Crippen LogP contribution < -0.4 is 0 Å². The van der Waals surface area contributed by atoms with Gasteiger partial charge in [-0.15, -0.1) is 0 Å². The van der Waals surface area contributed by atoms with E-state index in [0.717, 1.165) is 0 Å². The number of halogens is 1. The van der Waals surface area contributed by atoms with Crippen molar-refractivity contribution >= 4 is 33.3 Å². The molecule has 0 saturated carbocycles. The number of ether oxygens (including phenoxy) is 1. The summed E-state index contributed by atoms with van der Waals surface area (Å²) in [5.41, 5.74) is 0.612. The van der Waals surface area contributed by atoms with E-state index in [1.807, 2.05) is 0 Å². The predicted molar refractivity (Wildman–Crippen MR) is 106 cm³/mol. The zero-order valence-corrected chi connectivity index (χ0v) is 16.9. The van der Waals surface area contributed by atoms with Gasteiger partial charge >= 0.3 is 5.97 Å². The molecule has 0 atom stereocenters. The van der Waals surface area contributed by atoms with E-state index in [2.05, 4.69) is 0 Å². The van der Waals surface area contributed by atoms with E-state index in [-0.39, 0.29) is 36.2 Å². The average Bonchev–Trinajstić information content (AvgIpc) is 2.72. The van der Waals surface area contributed by atoms with Gasteiger partial charge in [0.2, 0.25) is 10.0 Å². The van der Waals surface area contributed by atoms with Crippen molar-refractivity contribution in [1.82, 2.24) is 4.31 Å². The van der Waals surface area contributed by atoms with E-state index >= 15 is 0 Å². The molecule has 1 heterocycles. The number of benzene rings is 2. The first-order chi connectivity index (χ1) is 13.8. The lowest BCUT2D eigenvalue weighted by Crippen LogP contribution is -2.40. The monoisotopic (exact) mass is 438 g/mol. The van der Waals surface area contributed by atoms with Gasteiger partial charge in [0.15, 0.2) is 0 Å². The maximum Gasteiger partial charge on any atom is 0.309 e. The Morgan fingerprint density at radius 3 is 2.24 bits per heavy atom. The highest BCUT2D eigenvalue weighted by atomic mass is 35.5. The Kier molecular flexibility index (Phi) is 6.51. The van der Waals surface area contributed by atoms with Crippen molar-refractivity contribution in [3.05, 3.63) is 69.2 Å². The van der Waals surface area contributed by atoms with Gasteiger partial charge in [-0.1, -0.05) is 11.6 Å². The van der Waals surface area contributed by atoms with Crippen LogP contribution in [0.4, 0.5) is 5.69 Å². The maximum atomic E-state index is 12.7. The highest BCUT2D eigenvalue weighted by molar-refractivity contribution is 7.89. The van der Waals surface area contributed by atoms with Crippen LogP contribution in [0.3, 0.4) is 0 Å². The highest BCUT2D eigenvalue weighted by Crippen LogP contribution is 2.25. The normalized spacial score (nSPS) is 15.8. The number of esters is 1. The summed E-state index contributed by atoms with van der Waals surface area (Å²) in [6.45, 7) is 0.463. The summed E-state index contributed by atoms with van der Waals surface area (Å²) in [4.78, 5) is 22.6. The minimum absolute atomic E-state index is 0.0140. The molecule has 8 nitrogen and oxygen atoms in total. The summed E-state index contributed by atoms with van der Waals surface area (Å²) >= 11 is 5.81. The SMILES string of the molecule is O=C(OCc1ccc([N+](=O)[O-])cc1)C1CCN(S(=O)(=O)c2ccc(Cl)cc2)CC1. The van der Waals surface area contributed by atoms with Crippen LogP contribution in [0.25, 0.3) is 0 Å². The lowest BCUT2D eigenvalue weighted by molar-refractivity contribution is -0.384. The molecule has 10 heteroatoms. The van der Waals surface area contributed by atoms with Crippen molar-refractivity contribution in [3.8, 4) is 0 Å². The van der Waals surface area contributed by atoms with Crippen molar-refractivity contribution in [3.63, 3.8) is 0 Å². The Bertz CT molecular complexity index is 984. The fraction of sp³-hybridized carbons (Fsp3) is 0.316. The predicted octanol–water partition coefficient (Wildman–Crippen LogP) is 3.39. The first-order valence-corrected chi connectivity index (χ1v) is 10.7. The van der Waals surface area contributed by atoms with Gasteiger partial charge in [-0.3, -0.25) is 14.9 Å². The third-order valence-electron chi connectivity index (χ3n) is 4.77. The lowest BCUT2D eigenvalue weighted by Gasteiger charge is -2.30. The second-order valence-corrected chi connectivity index (χ2v) is 9.04. The lowest BCUT2D eigenvalue weighted by atomic mass is 9.98. The molecule has 1 aliphatic rings. The Morgan fingerprint density at radius 2 is 1.69 bits per heavy atom. The van der Waals surface area contributed by atoms with E-state index in [9.17, 15) is 23.3 Å². The number of piperidine rings is 1. The molecular weight excluding hydrogens is 420 g/mol. The second kappa shape index (κ2) is 8.89. The molecule has 0 aromatic heterocycles. The Hall–Kier alpha value is -2.49. The third-order valence-corrected chi connectivity index (χ3v) is 6.93. The van der Waals surface area contributed by atoms with Crippen molar-refractivity contribution in [1.29, 1.82) is 0 Å². The van der Waals surface area contributed by atoms with Crippen LogP contribution in [0.5, 0.6) is 0 Å². The van der Waals surface area contributed by atoms with E-state index < -0.39 is 20.9 Å². The minimum atomic E-state index is -3.63. The molecule has 0 unspecified atom stereocenters. The molecule has 0 N–H and O–H groups in total. The van der Waals surface area contributed by atoms with Crippen molar-refractivity contribution in [2.75, 3.05) is 13.1 Å². The number of nitro benzene ring substituents is 1. The van der Waals surface area contributed by atoms with E-state index in [1.54, 1.807) is 0 Å². The molecule has 3 rings (SSSR count). The average molecular weight is 439 g/mol. The summed E-state index contributed by atoms with van der Waals surface area (Å²) in [6.07, 6.45) is 0.734. The van der Waals surface area contributed by atoms with Crippen molar-refractivity contribution < 1.29 is 22.9 Å². The number of nitro groups is 1. The number of hydrogen-bond donors (Lipinski definition) is 0. The number of carbonyl (C=O) groups is 1. The van der Waals surface area contributed by atoms with Crippen molar-refractivity contribution in [2.24, 2.45) is 5.92 Å². The molecule has 0 aliphatic carbocycles. The number of sulfonamides is 1. The Balaban J connectivity index is 1.52. The number of carbonyl (C=O) groups excluding carboxylic acids is 1. The van der Waals surface area contributed by atoms with E-state index in [1.165, 1.54) is 52.8 Å². The molecule has 0 bridgehead atoms. The number of hydrogen-bond acceptors (Lipinski definition) is 6. The molecule has 154 valence electrons. The zero-order chi connectivity index (χ0) is 21.0. The van der Waals surface area contributed by atoms with Crippen LogP contribution in [0.1, 0.15) is 18.4 Å². The summed E-state index contributed by atoms with van der Waals surface area (Å²) in [7, 11) is -3.63. The summed E-state index contributed by atoms with van der Waals surface area (Å²) in [5.74, 6) is -0.781. The van der Waals surface area contributed by atoms with Gasteiger partial charge in [0, 0.05) is 30.2 Å². The van der Waals surface area contributed by atoms with Crippen LogP contribution in [0.2, 0.25) is 5.02 Å². The summed E-state index contributed by atoms with van der Waals surface area (Å²) < 4.78 is 32.0. The van der Waals surface area contributed by atoms with Crippen LogP contribution in [-0.2, 0) is 26.2 Å². The number of rotatable bonds is 6. The molecule has 0 amide bonds. The number of nitrogens with zero attached hydrogens (tertiary/aromatic N) is 2. The van der Waals surface area contributed by atoms with Crippen LogP contribution in [-0.4, -0.2) is 36.7 Å². The Morgan fingerprint density at radius 1 is 1.10 bits per heavy atom. The minimum Gasteiger partial charge on any atom is -0.461 e. The van der Waals surface area contributed by atoms with Gasteiger partial charge < -0.3 is 4.74 Å². The van der Waals surface area contributed by atoms with Gasteiger partial charge in [-0.25, -0.2) is 8.42 Å². The molecule has 0 spiro atoms. The molecule has 0 radical (unpaired) electrons. The highest BCUT2D eigenvalue weighted by Gasteiger charge is 2.32. The topological polar surface area (TPSA) is 107 Å². The van der Waals surface area contributed by atoms with E-state index in [0.29, 0.717) is 23.4 Å². The smallest absolute Gasteiger partial charge is 0.309 e. The summed E-state index contributed by atoms with van der Waals surface area (Å²) in [6, 6.07) is 11.7. The summed E-state index contributed by atoms with van der Waals surface area (Å²) in [5, 5.41) is 11.1. The molecule has 29 heavy (non-hydrogen) atoms. The molecule has 1 aliphatic heterocycles. The molecular formula is C19H19ClN2O6S. The standard InChI is InChI=1S/C19H19ClN2O6S/c20-16-3-7-18(8-4-16)29(26,27)21-11-9-15(10-12-21)19(23)28-13-14-1-5-17(6-2-14)22(24)25/h1-8,15H,9-13H2. The second-order valence-electron chi connectivity index (χ2n) is 6.66. The maximum absolute atomic E-state index is 12.7. The molecule has 2 aromatic carbocycles.